The zero-order valence-corrected chi connectivity index (χ0v) is 26.2. The predicted molar refractivity (Wildman–Crippen MR) is 173 cm³/mol. The Morgan fingerprint density at radius 1 is 0.783 bits per heavy atom. The van der Waals surface area contributed by atoms with E-state index in [9.17, 15) is 18.0 Å². The van der Waals surface area contributed by atoms with E-state index in [1.54, 1.807) is 29.2 Å². The molecule has 0 unspecified atom stereocenters. The second kappa shape index (κ2) is 14.2. The molecule has 2 amide bonds. The van der Waals surface area contributed by atoms with Crippen LogP contribution in [0.5, 0.6) is 11.5 Å². The number of hydrogen-bond donors (Lipinski definition) is 2. The molecule has 1 aliphatic carbocycles. The molecule has 46 heavy (non-hydrogen) atoms. The highest BCUT2D eigenvalue weighted by Crippen LogP contribution is 2.32. The Labute approximate surface area is 269 Å². The zero-order valence-electron chi connectivity index (χ0n) is 25.4. The average Bonchev–Trinajstić information content (AvgIpc) is 3.76. The molecule has 9 nitrogen and oxygen atoms in total. The first-order valence-corrected chi connectivity index (χ1v) is 17.0. The third kappa shape index (κ3) is 8.13. The van der Waals surface area contributed by atoms with Gasteiger partial charge < -0.3 is 19.7 Å². The van der Waals surface area contributed by atoms with Gasteiger partial charge in [-0.25, -0.2) is 13.1 Å². The third-order valence-corrected chi connectivity index (χ3v) is 9.67. The standard InChI is InChI=1S/C36H37N3O6S/c40-35(20-14-26-11-17-31(18-12-26)46(42,43)38-30-15-16-30)39(24-28-9-5-2-6-10-28)32(21-27-7-3-1-4-8-27)36(41)37-23-29-13-19-33-34(22-29)45-25-44-33/h1-13,17-19,22,30,32,38H,14-16,20-21,23-25H2,(H,37,41)/t32-/m1/s1. The van der Waals surface area contributed by atoms with Crippen molar-refractivity contribution < 1.29 is 27.5 Å². The molecule has 1 heterocycles. The summed E-state index contributed by atoms with van der Waals surface area (Å²) in [7, 11) is -3.56. The van der Waals surface area contributed by atoms with E-state index in [1.165, 1.54) is 0 Å². The van der Waals surface area contributed by atoms with Crippen molar-refractivity contribution in [2.24, 2.45) is 0 Å². The van der Waals surface area contributed by atoms with Crippen molar-refractivity contribution in [3.05, 3.63) is 125 Å². The topological polar surface area (TPSA) is 114 Å². The number of fused-ring (bicyclic) bond motifs is 1. The van der Waals surface area contributed by atoms with Gasteiger partial charge in [0.1, 0.15) is 6.04 Å². The Morgan fingerprint density at radius 3 is 2.13 bits per heavy atom. The van der Waals surface area contributed by atoms with Crippen LogP contribution in [0.15, 0.2) is 108 Å². The molecule has 1 fully saturated rings. The highest BCUT2D eigenvalue weighted by atomic mass is 32.2. The van der Waals surface area contributed by atoms with Gasteiger partial charge in [0, 0.05) is 32.0 Å². The number of carbonyl (C=O) groups is 2. The van der Waals surface area contributed by atoms with E-state index in [0.717, 1.165) is 35.1 Å². The molecule has 238 valence electrons. The summed E-state index contributed by atoms with van der Waals surface area (Å²) in [5, 5.41) is 3.05. The number of benzene rings is 4. The van der Waals surface area contributed by atoms with E-state index in [1.807, 2.05) is 78.9 Å². The monoisotopic (exact) mass is 639 g/mol. The fourth-order valence-electron chi connectivity index (χ4n) is 5.41. The fraction of sp³-hybridized carbons (Fsp3) is 0.278. The van der Waals surface area contributed by atoms with Gasteiger partial charge in [-0.05, 0) is 65.8 Å². The van der Waals surface area contributed by atoms with Crippen molar-refractivity contribution in [3.63, 3.8) is 0 Å². The van der Waals surface area contributed by atoms with Crippen molar-refractivity contribution >= 4 is 21.8 Å². The SMILES string of the molecule is O=C(NCc1ccc2c(c1)OCO2)[C@@H](Cc1ccccc1)N(Cc1ccccc1)C(=O)CCc1ccc(S(=O)(=O)NC2CC2)cc1. The first-order valence-electron chi connectivity index (χ1n) is 15.5. The zero-order chi connectivity index (χ0) is 31.9. The van der Waals surface area contributed by atoms with Gasteiger partial charge in [-0.2, -0.15) is 0 Å². The Hall–Kier alpha value is -4.67. The molecule has 0 spiro atoms. The highest BCUT2D eigenvalue weighted by molar-refractivity contribution is 7.89. The summed E-state index contributed by atoms with van der Waals surface area (Å²) in [5.41, 5.74) is 3.54. The average molecular weight is 640 g/mol. The smallest absolute Gasteiger partial charge is 0.243 e. The molecule has 6 rings (SSSR count). The molecule has 1 aliphatic heterocycles. The number of sulfonamides is 1. The molecule has 0 bridgehead atoms. The maximum atomic E-state index is 14.0. The lowest BCUT2D eigenvalue weighted by atomic mass is 10.0. The lowest BCUT2D eigenvalue weighted by molar-refractivity contribution is -0.141. The second-order valence-electron chi connectivity index (χ2n) is 11.7. The molecule has 1 saturated carbocycles. The van der Waals surface area contributed by atoms with E-state index >= 15 is 0 Å². The van der Waals surface area contributed by atoms with Crippen molar-refractivity contribution in [3.8, 4) is 11.5 Å². The number of carbonyl (C=O) groups excluding carboxylic acids is 2. The summed E-state index contributed by atoms with van der Waals surface area (Å²) < 4.78 is 38.8. The molecule has 10 heteroatoms. The van der Waals surface area contributed by atoms with E-state index in [0.29, 0.717) is 24.3 Å². The summed E-state index contributed by atoms with van der Waals surface area (Å²) in [5.74, 6) is 0.875. The van der Waals surface area contributed by atoms with E-state index in [-0.39, 0.29) is 49.1 Å². The summed E-state index contributed by atoms with van der Waals surface area (Å²) in [6.07, 6.45) is 2.62. The van der Waals surface area contributed by atoms with Crippen molar-refractivity contribution in [2.75, 3.05) is 6.79 Å². The van der Waals surface area contributed by atoms with Crippen molar-refractivity contribution in [1.82, 2.24) is 14.9 Å². The summed E-state index contributed by atoms with van der Waals surface area (Å²) in [6.45, 7) is 0.694. The maximum Gasteiger partial charge on any atom is 0.243 e. The largest absolute Gasteiger partial charge is 0.454 e. The van der Waals surface area contributed by atoms with Gasteiger partial charge in [0.05, 0.1) is 4.90 Å². The van der Waals surface area contributed by atoms with Crippen LogP contribution >= 0.6 is 0 Å². The van der Waals surface area contributed by atoms with Crippen LogP contribution in [0.3, 0.4) is 0 Å². The molecule has 4 aromatic carbocycles. The van der Waals surface area contributed by atoms with Crippen LogP contribution in [0.4, 0.5) is 0 Å². The quantitative estimate of drug-likeness (QED) is 0.206. The maximum absolute atomic E-state index is 14.0. The molecular weight excluding hydrogens is 602 g/mol. The molecule has 2 aliphatic rings. The second-order valence-corrected chi connectivity index (χ2v) is 13.4. The van der Waals surface area contributed by atoms with Gasteiger partial charge in [-0.1, -0.05) is 78.9 Å². The summed E-state index contributed by atoms with van der Waals surface area (Å²) in [6, 6.07) is 30.8. The Bertz CT molecular complexity index is 1760. The van der Waals surface area contributed by atoms with Gasteiger partial charge >= 0.3 is 0 Å². The normalized spacial score (nSPS) is 14.4. The third-order valence-electron chi connectivity index (χ3n) is 8.13. The van der Waals surface area contributed by atoms with Crippen LogP contribution in [-0.4, -0.2) is 44.0 Å². The number of amides is 2. The van der Waals surface area contributed by atoms with Gasteiger partial charge in [0.2, 0.25) is 28.6 Å². The van der Waals surface area contributed by atoms with E-state index in [4.69, 9.17) is 9.47 Å². The van der Waals surface area contributed by atoms with Gasteiger partial charge in [0.15, 0.2) is 11.5 Å². The number of nitrogens with zero attached hydrogens (tertiary/aromatic N) is 1. The lowest BCUT2D eigenvalue weighted by Gasteiger charge is -2.31. The van der Waals surface area contributed by atoms with Crippen LogP contribution < -0.4 is 19.5 Å². The first kappa shape index (κ1) is 31.3. The minimum absolute atomic E-state index is 0.0240. The Kier molecular flexibility index (Phi) is 9.65. The van der Waals surface area contributed by atoms with Crippen LogP contribution in [0, 0.1) is 0 Å². The van der Waals surface area contributed by atoms with E-state index in [2.05, 4.69) is 10.0 Å². The minimum Gasteiger partial charge on any atom is -0.454 e. The molecule has 0 aromatic heterocycles. The lowest BCUT2D eigenvalue weighted by Crippen LogP contribution is -2.50. The Morgan fingerprint density at radius 2 is 1.43 bits per heavy atom. The highest BCUT2D eigenvalue weighted by Gasteiger charge is 2.31. The Balaban J connectivity index is 1.20. The number of hydrogen-bond acceptors (Lipinski definition) is 6. The molecule has 0 saturated heterocycles. The van der Waals surface area contributed by atoms with Gasteiger partial charge in [0.25, 0.3) is 0 Å². The van der Waals surface area contributed by atoms with Crippen LogP contribution in [-0.2, 0) is 45.5 Å². The molecular formula is C36H37N3O6S. The predicted octanol–water partition coefficient (Wildman–Crippen LogP) is 4.75. The molecule has 2 N–H and O–H groups in total. The van der Waals surface area contributed by atoms with Crippen LogP contribution in [0.2, 0.25) is 0 Å². The fourth-order valence-corrected chi connectivity index (χ4v) is 6.72. The first-order chi connectivity index (χ1) is 22.3. The number of rotatable bonds is 14. The van der Waals surface area contributed by atoms with Crippen molar-refractivity contribution in [1.29, 1.82) is 0 Å². The summed E-state index contributed by atoms with van der Waals surface area (Å²) in [4.78, 5) is 29.8. The van der Waals surface area contributed by atoms with E-state index < -0.39 is 16.1 Å². The van der Waals surface area contributed by atoms with Crippen LogP contribution in [0.1, 0.15) is 41.5 Å². The summed E-state index contributed by atoms with van der Waals surface area (Å²) >= 11 is 0. The molecule has 0 radical (unpaired) electrons. The number of ether oxygens (including phenoxy) is 2. The van der Waals surface area contributed by atoms with Crippen molar-refractivity contribution in [2.45, 2.75) is 62.2 Å². The number of aryl methyl sites for hydroxylation is 1. The van der Waals surface area contributed by atoms with Gasteiger partial charge in [-0.15, -0.1) is 0 Å². The molecule has 1 atom stereocenters. The minimum atomic E-state index is -3.56. The van der Waals surface area contributed by atoms with Gasteiger partial charge in [-0.3, -0.25) is 9.59 Å². The van der Waals surface area contributed by atoms with Crippen LogP contribution in [0.25, 0.3) is 0 Å². The molecule has 4 aromatic rings. The number of nitrogens with one attached hydrogen (secondary N) is 2.